The van der Waals surface area contributed by atoms with Crippen LogP contribution < -0.4 is 0 Å². The summed E-state index contributed by atoms with van der Waals surface area (Å²) in [5.74, 6) is 1.28. The molecule has 0 aliphatic heterocycles. The van der Waals surface area contributed by atoms with Crippen LogP contribution >= 0.6 is 0 Å². The third kappa shape index (κ3) is 4.70. The Bertz CT molecular complexity index is 1750. The fourth-order valence-electron chi connectivity index (χ4n) is 4.34. The molecule has 0 bridgehead atoms. The molecule has 4 nitrogen and oxygen atoms in total. The van der Waals surface area contributed by atoms with Gasteiger partial charge in [-0.15, -0.1) is 0 Å². The molecule has 0 saturated carbocycles. The van der Waals surface area contributed by atoms with Gasteiger partial charge in [0.05, 0.1) is 0 Å². The summed E-state index contributed by atoms with van der Waals surface area (Å²) in [5, 5.41) is 0. The Balaban J connectivity index is 1.17. The molecular formula is C33H28N2O2. The highest BCUT2D eigenvalue weighted by Crippen LogP contribution is 2.30. The number of fused-ring (bicyclic) bond motifs is 2. The average molecular weight is 485 g/mol. The first kappa shape index (κ1) is 23.0. The smallest absolute Gasteiger partial charge is 0.227 e. The van der Waals surface area contributed by atoms with Gasteiger partial charge in [-0.05, 0) is 83.1 Å². The maximum Gasteiger partial charge on any atom is 0.227 e. The predicted molar refractivity (Wildman–Crippen MR) is 151 cm³/mol. The Hall–Kier alpha value is -4.44. The third-order valence-electron chi connectivity index (χ3n) is 6.58. The standard InChI is InChI=1S/C33H28N2O2/c1-21-5-17-29-27(19-21)34-31(36-29)24-12-8-22(9-13-24)6-7-23-10-14-25(15-11-23)32-35-28-20-26(33(2,3)4)16-18-30(28)37-32/h5-20H,1-4H3/b7-6+. The van der Waals surface area contributed by atoms with E-state index in [0.717, 1.165) is 44.5 Å². The number of rotatable bonds is 4. The van der Waals surface area contributed by atoms with Crippen molar-refractivity contribution in [1.82, 2.24) is 9.97 Å². The third-order valence-corrected chi connectivity index (χ3v) is 6.58. The molecule has 0 aliphatic carbocycles. The van der Waals surface area contributed by atoms with E-state index in [-0.39, 0.29) is 5.41 Å². The molecule has 2 aromatic heterocycles. The summed E-state index contributed by atoms with van der Waals surface area (Å²) in [6.07, 6.45) is 4.20. The van der Waals surface area contributed by atoms with Gasteiger partial charge in [0.15, 0.2) is 11.2 Å². The van der Waals surface area contributed by atoms with Gasteiger partial charge in [-0.1, -0.05) is 69.3 Å². The van der Waals surface area contributed by atoms with E-state index in [1.54, 1.807) is 0 Å². The van der Waals surface area contributed by atoms with E-state index >= 15 is 0 Å². The first-order valence-corrected chi connectivity index (χ1v) is 12.5. The van der Waals surface area contributed by atoms with Crippen LogP contribution in [0.15, 0.2) is 93.8 Å². The maximum absolute atomic E-state index is 6.02. The van der Waals surface area contributed by atoms with Gasteiger partial charge in [-0.3, -0.25) is 0 Å². The first-order valence-electron chi connectivity index (χ1n) is 12.5. The number of benzene rings is 4. The fraction of sp³-hybridized carbons (Fsp3) is 0.152. The molecule has 6 rings (SSSR count). The van der Waals surface area contributed by atoms with Gasteiger partial charge in [-0.2, -0.15) is 0 Å². The summed E-state index contributed by atoms with van der Waals surface area (Å²) in [7, 11) is 0. The number of aryl methyl sites for hydroxylation is 1. The quantitative estimate of drug-likeness (QED) is 0.234. The van der Waals surface area contributed by atoms with E-state index in [1.165, 1.54) is 11.1 Å². The molecule has 0 unspecified atom stereocenters. The highest BCUT2D eigenvalue weighted by atomic mass is 16.4. The van der Waals surface area contributed by atoms with E-state index in [9.17, 15) is 0 Å². The largest absolute Gasteiger partial charge is 0.436 e. The molecule has 37 heavy (non-hydrogen) atoms. The number of hydrogen-bond acceptors (Lipinski definition) is 4. The molecule has 0 atom stereocenters. The lowest BCUT2D eigenvalue weighted by Crippen LogP contribution is -2.10. The van der Waals surface area contributed by atoms with E-state index in [2.05, 4.69) is 81.2 Å². The average Bonchev–Trinajstić information content (AvgIpc) is 3.51. The zero-order valence-electron chi connectivity index (χ0n) is 21.4. The van der Waals surface area contributed by atoms with Crippen LogP contribution in [0.3, 0.4) is 0 Å². The van der Waals surface area contributed by atoms with Crippen molar-refractivity contribution >= 4 is 34.4 Å². The minimum atomic E-state index is 0.0745. The van der Waals surface area contributed by atoms with E-state index < -0.39 is 0 Å². The van der Waals surface area contributed by atoms with E-state index in [0.29, 0.717) is 11.8 Å². The van der Waals surface area contributed by atoms with Crippen LogP contribution in [0.1, 0.15) is 43.0 Å². The molecule has 4 heteroatoms. The number of hydrogen-bond donors (Lipinski definition) is 0. The zero-order chi connectivity index (χ0) is 25.6. The summed E-state index contributed by atoms with van der Waals surface area (Å²) in [5.41, 5.74) is 10.0. The second kappa shape index (κ2) is 8.90. The zero-order valence-corrected chi connectivity index (χ0v) is 21.4. The number of oxazole rings is 2. The fourth-order valence-corrected chi connectivity index (χ4v) is 4.34. The van der Waals surface area contributed by atoms with Crippen LogP contribution in [0.4, 0.5) is 0 Å². The van der Waals surface area contributed by atoms with Crippen molar-refractivity contribution in [3.05, 3.63) is 107 Å². The number of aromatic nitrogens is 2. The molecular weight excluding hydrogens is 456 g/mol. The minimum Gasteiger partial charge on any atom is -0.436 e. The van der Waals surface area contributed by atoms with Gasteiger partial charge in [0.1, 0.15) is 11.0 Å². The molecule has 0 N–H and O–H groups in total. The molecule has 0 aliphatic rings. The van der Waals surface area contributed by atoms with Crippen molar-refractivity contribution in [2.45, 2.75) is 33.1 Å². The Morgan fingerprint density at radius 2 is 1.08 bits per heavy atom. The summed E-state index contributed by atoms with van der Waals surface area (Å²) in [6.45, 7) is 8.66. The van der Waals surface area contributed by atoms with Crippen LogP contribution in [0, 0.1) is 6.92 Å². The van der Waals surface area contributed by atoms with E-state index in [1.807, 2.05) is 48.5 Å². The van der Waals surface area contributed by atoms with Crippen molar-refractivity contribution < 1.29 is 8.83 Å². The molecule has 0 spiro atoms. The van der Waals surface area contributed by atoms with Gasteiger partial charge in [0.25, 0.3) is 0 Å². The van der Waals surface area contributed by atoms with Crippen molar-refractivity contribution in [2.24, 2.45) is 0 Å². The molecule has 0 amide bonds. The lowest BCUT2D eigenvalue weighted by molar-refractivity contribution is 0.590. The number of nitrogens with zero attached hydrogens (tertiary/aromatic N) is 2. The molecule has 6 aromatic rings. The van der Waals surface area contributed by atoms with Crippen molar-refractivity contribution in [3.63, 3.8) is 0 Å². The van der Waals surface area contributed by atoms with Gasteiger partial charge < -0.3 is 8.83 Å². The normalized spacial score (nSPS) is 12.2. The highest BCUT2D eigenvalue weighted by Gasteiger charge is 2.16. The molecule has 4 aromatic carbocycles. The SMILES string of the molecule is Cc1ccc2oc(-c3ccc(/C=C/c4ccc(-c5nc6cc(C(C)(C)C)ccc6o5)cc4)cc3)nc2c1. The van der Waals surface area contributed by atoms with Crippen LogP contribution in [0.2, 0.25) is 0 Å². The molecule has 0 saturated heterocycles. The molecule has 2 heterocycles. The minimum absolute atomic E-state index is 0.0745. The van der Waals surface area contributed by atoms with Gasteiger partial charge in [0.2, 0.25) is 11.8 Å². The molecule has 0 fully saturated rings. The first-order chi connectivity index (χ1) is 17.8. The van der Waals surface area contributed by atoms with Crippen molar-refractivity contribution in [1.29, 1.82) is 0 Å². The van der Waals surface area contributed by atoms with Crippen molar-refractivity contribution in [2.75, 3.05) is 0 Å². The summed E-state index contributed by atoms with van der Waals surface area (Å²) in [6, 6.07) is 28.8. The Morgan fingerprint density at radius 1 is 0.595 bits per heavy atom. The second-order valence-electron chi connectivity index (χ2n) is 10.5. The monoisotopic (exact) mass is 484 g/mol. The predicted octanol–water partition coefficient (Wildman–Crippen LogP) is 9.08. The maximum atomic E-state index is 6.02. The van der Waals surface area contributed by atoms with Gasteiger partial charge >= 0.3 is 0 Å². The lowest BCUT2D eigenvalue weighted by Gasteiger charge is -2.18. The molecule has 0 radical (unpaired) electrons. The topological polar surface area (TPSA) is 52.1 Å². The van der Waals surface area contributed by atoms with Crippen LogP contribution in [-0.2, 0) is 5.41 Å². The summed E-state index contributed by atoms with van der Waals surface area (Å²) < 4.78 is 11.9. The lowest BCUT2D eigenvalue weighted by atomic mass is 9.87. The Morgan fingerprint density at radius 3 is 1.59 bits per heavy atom. The molecule has 182 valence electrons. The summed E-state index contributed by atoms with van der Waals surface area (Å²) >= 11 is 0. The van der Waals surface area contributed by atoms with Crippen molar-refractivity contribution in [3.8, 4) is 22.9 Å². The van der Waals surface area contributed by atoms with Gasteiger partial charge in [-0.25, -0.2) is 9.97 Å². The van der Waals surface area contributed by atoms with Crippen LogP contribution in [0.5, 0.6) is 0 Å². The second-order valence-corrected chi connectivity index (χ2v) is 10.5. The van der Waals surface area contributed by atoms with Crippen LogP contribution in [0.25, 0.3) is 57.3 Å². The highest BCUT2D eigenvalue weighted by molar-refractivity contribution is 5.79. The Kier molecular flexibility index (Phi) is 5.53. The summed E-state index contributed by atoms with van der Waals surface area (Å²) in [4.78, 5) is 9.37. The van der Waals surface area contributed by atoms with E-state index in [4.69, 9.17) is 13.8 Å². The Labute approximate surface area is 216 Å². The van der Waals surface area contributed by atoms with Gasteiger partial charge in [0, 0.05) is 11.1 Å². The van der Waals surface area contributed by atoms with Crippen LogP contribution in [-0.4, -0.2) is 9.97 Å².